The van der Waals surface area contributed by atoms with E-state index in [1.54, 1.807) is 32.0 Å². The van der Waals surface area contributed by atoms with Gasteiger partial charge in [-0.25, -0.2) is 9.59 Å². The first-order chi connectivity index (χ1) is 27.9. The van der Waals surface area contributed by atoms with Crippen LogP contribution in [0.3, 0.4) is 0 Å². The molecule has 1 aliphatic rings. The van der Waals surface area contributed by atoms with E-state index < -0.39 is 60.1 Å². The topological polar surface area (TPSA) is 234 Å². The maximum absolute atomic E-state index is 13.6. The molecule has 3 aromatic rings. The molecule has 5 N–H and O–H groups in total. The van der Waals surface area contributed by atoms with Gasteiger partial charge < -0.3 is 45.1 Å². The van der Waals surface area contributed by atoms with E-state index in [1.807, 2.05) is 13.0 Å². The van der Waals surface area contributed by atoms with E-state index >= 15 is 0 Å². The number of hydrogen-bond donors (Lipinski definition) is 5. The van der Waals surface area contributed by atoms with Crippen LogP contribution in [0.5, 0.6) is 5.75 Å². The van der Waals surface area contributed by atoms with Crippen molar-refractivity contribution in [3.8, 4) is 17.1 Å². The van der Waals surface area contributed by atoms with Crippen molar-refractivity contribution >= 4 is 47.7 Å². The molecule has 2 unspecified atom stereocenters. The third-order valence-corrected chi connectivity index (χ3v) is 9.64. The highest BCUT2D eigenvalue weighted by Gasteiger charge is 2.34. The van der Waals surface area contributed by atoms with Crippen LogP contribution in [0.4, 0.5) is 5.69 Å². The molecule has 0 saturated carbocycles. The zero-order chi connectivity index (χ0) is 42.2. The molecular weight excluding hydrogens is 754 g/mol. The number of carbonyl (C=O) groups is 7. The molecule has 4 amide bonds. The number of carboxylic acids is 2. The number of nitrogens with zero attached hydrogens (tertiary/aromatic N) is 2. The Morgan fingerprint density at radius 1 is 0.931 bits per heavy atom. The van der Waals surface area contributed by atoms with Crippen LogP contribution < -0.4 is 25.6 Å². The van der Waals surface area contributed by atoms with Crippen molar-refractivity contribution in [3.63, 3.8) is 0 Å². The Balaban J connectivity index is 1.40. The van der Waals surface area contributed by atoms with E-state index in [1.165, 1.54) is 30.3 Å². The lowest BCUT2D eigenvalue weighted by Gasteiger charge is -2.32. The van der Waals surface area contributed by atoms with Gasteiger partial charge in [-0.1, -0.05) is 45.2 Å². The third kappa shape index (κ3) is 12.1. The van der Waals surface area contributed by atoms with E-state index in [2.05, 4.69) is 20.9 Å². The number of aliphatic carboxylic acids is 2. The summed E-state index contributed by atoms with van der Waals surface area (Å²) in [5, 5.41) is 26.7. The number of rotatable bonds is 23. The maximum Gasteiger partial charge on any atom is 0.363 e. The summed E-state index contributed by atoms with van der Waals surface area (Å²) >= 11 is 0. The number of ether oxygens (including phenoxy) is 1. The Hall–Kier alpha value is -6.39. The van der Waals surface area contributed by atoms with Gasteiger partial charge in [-0.15, -0.1) is 0 Å². The third-order valence-electron chi connectivity index (χ3n) is 9.64. The smallest absolute Gasteiger partial charge is 0.363 e. The molecular formula is C41H51N5O12. The van der Waals surface area contributed by atoms with Crippen molar-refractivity contribution in [2.45, 2.75) is 84.2 Å². The number of carbonyl (C=O) groups excluding carboxylic acids is 5. The zero-order valence-electron chi connectivity index (χ0n) is 32.9. The number of benzene rings is 2. The summed E-state index contributed by atoms with van der Waals surface area (Å²) in [6.07, 6.45) is 4.81. The molecule has 0 radical (unpaired) electrons. The van der Waals surface area contributed by atoms with E-state index in [-0.39, 0.29) is 41.7 Å². The molecule has 1 aromatic heterocycles. The molecule has 0 aliphatic carbocycles. The molecule has 0 spiro atoms. The molecule has 58 heavy (non-hydrogen) atoms. The van der Waals surface area contributed by atoms with Crippen LogP contribution in [0.25, 0.3) is 11.3 Å². The minimum atomic E-state index is -1.67. The van der Waals surface area contributed by atoms with Crippen LogP contribution >= 0.6 is 0 Å². The lowest BCUT2D eigenvalue weighted by molar-refractivity contribution is -0.171. The van der Waals surface area contributed by atoms with Crippen molar-refractivity contribution in [2.24, 2.45) is 5.92 Å². The van der Waals surface area contributed by atoms with Crippen molar-refractivity contribution in [3.05, 3.63) is 71.5 Å². The van der Waals surface area contributed by atoms with Crippen LogP contribution in [0.1, 0.15) is 103 Å². The van der Waals surface area contributed by atoms with Gasteiger partial charge >= 0.3 is 17.9 Å². The predicted molar refractivity (Wildman–Crippen MR) is 210 cm³/mol. The second-order valence-corrected chi connectivity index (χ2v) is 13.7. The van der Waals surface area contributed by atoms with Gasteiger partial charge in [-0.3, -0.25) is 24.0 Å². The number of carboxylic acid groups (broad SMARTS) is 2. The normalized spacial score (nSPS) is 13.7. The number of furan rings is 1. The van der Waals surface area contributed by atoms with Gasteiger partial charge in [0.25, 0.3) is 11.8 Å². The molecule has 1 fully saturated rings. The van der Waals surface area contributed by atoms with Crippen LogP contribution in [0.15, 0.2) is 59.0 Å². The Bertz CT molecular complexity index is 1920. The van der Waals surface area contributed by atoms with Gasteiger partial charge in [0.15, 0.2) is 5.76 Å². The monoisotopic (exact) mass is 805 g/mol. The van der Waals surface area contributed by atoms with Gasteiger partial charge in [0.05, 0.1) is 42.8 Å². The Labute approximate surface area is 336 Å². The van der Waals surface area contributed by atoms with E-state index in [4.69, 9.17) is 19.1 Å². The zero-order valence-corrected chi connectivity index (χ0v) is 32.9. The fraction of sp³-hybridized carbons (Fsp3) is 0.439. The molecule has 17 nitrogen and oxygen atoms in total. The standard InChI is InChI=1S/C41H51N5O12/c1-4-7-8-14-29(32(5-2)46(25-47)58-41(55)27-12-11-13-28(21-27)45-19-9-10-20-45)37(50)42-24-43-39(52)34-18-17-33(57-34)26-15-16-30(35(22-26)56-6-3)38(51)44-31(40(53)54)23-36(48)49/h11-13,15-18,21-22,25,29,31-32H,4-10,14,19-20,23-24H2,1-3H3,(H,42,50)(H,43,52)(H,44,51)(H,48,49)(H,53,54)/t29?,31?,32-/m1/s1. The minimum Gasteiger partial charge on any atom is -0.493 e. The van der Waals surface area contributed by atoms with Gasteiger partial charge in [-0.2, -0.15) is 5.06 Å². The number of hydroxylamine groups is 2. The summed E-state index contributed by atoms with van der Waals surface area (Å²) < 4.78 is 11.4. The van der Waals surface area contributed by atoms with Crippen molar-refractivity contribution in [2.75, 3.05) is 31.3 Å². The number of hydrogen-bond acceptors (Lipinski definition) is 11. The van der Waals surface area contributed by atoms with E-state index in [0.29, 0.717) is 31.2 Å². The first kappa shape index (κ1) is 44.3. The second kappa shape index (κ2) is 21.8. The fourth-order valence-electron chi connectivity index (χ4n) is 6.67. The predicted octanol–water partition coefficient (Wildman–Crippen LogP) is 4.61. The minimum absolute atomic E-state index is 0.0436. The molecule has 1 saturated heterocycles. The van der Waals surface area contributed by atoms with E-state index in [9.17, 15) is 38.7 Å². The van der Waals surface area contributed by atoms with Crippen LogP contribution in [-0.4, -0.2) is 95.8 Å². The van der Waals surface area contributed by atoms with Crippen LogP contribution in [0.2, 0.25) is 0 Å². The second-order valence-electron chi connectivity index (χ2n) is 13.7. The summed E-state index contributed by atoms with van der Waals surface area (Å²) in [6, 6.07) is 11.8. The Kier molecular flexibility index (Phi) is 16.7. The van der Waals surface area contributed by atoms with E-state index in [0.717, 1.165) is 49.5 Å². The highest BCUT2D eigenvalue weighted by atomic mass is 16.7. The molecule has 3 atom stereocenters. The summed E-state index contributed by atoms with van der Waals surface area (Å²) in [4.78, 5) is 95.5. The fourth-order valence-corrected chi connectivity index (χ4v) is 6.67. The number of nitrogens with one attached hydrogen (secondary N) is 3. The van der Waals surface area contributed by atoms with Gasteiger partial charge in [-0.05, 0) is 75.1 Å². The molecule has 4 rings (SSSR count). The summed E-state index contributed by atoms with van der Waals surface area (Å²) in [7, 11) is 0. The number of anilines is 1. The maximum atomic E-state index is 13.6. The Morgan fingerprint density at radius 2 is 1.69 bits per heavy atom. The summed E-state index contributed by atoms with van der Waals surface area (Å²) in [5.41, 5.74) is 1.54. The molecule has 312 valence electrons. The quantitative estimate of drug-likeness (QED) is 0.0382. The summed E-state index contributed by atoms with van der Waals surface area (Å²) in [6.45, 7) is 7.12. The molecule has 17 heteroatoms. The average Bonchev–Trinajstić information content (AvgIpc) is 3.94. The molecule has 2 heterocycles. The van der Waals surface area contributed by atoms with Gasteiger partial charge in [0, 0.05) is 24.3 Å². The Morgan fingerprint density at radius 3 is 2.34 bits per heavy atom. The molecule has 2 aromatic carbocycles. The first-order valence-electron chi connectivity index (χ1n) is 19.4. The van der Waals surface area contributed by atoms with Crippen molar-refractivity contribution in [1.29, 1.82) is 0 Å². The lowest BCUT2D eigenvalue weighted by Crippen LogP contribution is -2.49. The number of amides is 4. The lowest BCUT2D eigenvalue weighted by atomic mass is 9.90. The average molecular weight is 806 g/mol. The highest BCUT2D eigenvalue weighted by molar-refractivity contribution is 6.00. The molecule has 0 bridgehead atoms. The van der Waals surface area contributed by atoms with Crippen molar-refractivity contribution < 1.29 is 57.8 Å². The SMILES string of the molecule is CCCCCC(C(=O)NCNC(=O)c1ccc(-c2ccc(C(=O)NC(CC(=O)O)C(=O)O)c(OCC)c2)o1)[C@@H](CC)N(C=O)OC(=O)c1cccc(N2CCCC2)c1. The van der Waals surface area contributed by atoms with Crippen molar-refractivity contribution in [1.82, 2.24) is 21.0 Å². The number of unbranched alkanes of at least 4 members (excludes halogenated alkanes) is 2. The van der Waals surface area contributed by atoms with Gasteiger partial charge in [0.1, 0.15) is 17.6 Å². The van der Waals surface area contributed by atoms with Crippen LogP contribution in [-0.2, 0) is 24.0 Å². The van der Waals surface area contributed by atoms with Crippen LogP contribution in [0, 0.1) is 5.92 Å². The van der Waals surface area contributed by atoms with Gasteiger partial charge in [0.2, 0.25) is 12.3 Å². The summed E-state index contributed by atoms with van der Waals surface area (Å²) in [5.74, 6) is -6.17. The first-order valence-corrected chi connectivity index (χ1v) is 19.4. The molecule has 1 aliphatic heterocycles. The highest BCUT2D eigenvalue weighted by Crippen LogP contribution is 2.30. The largest absolute Gasteiger partial charge is 0.493 e.